The van der Waals surface area contributed by atoms with Crippen LogP contribution in [0.4, 0.5) is 0 Å². The maximum absolute atomic E-state index is 13.7. The highest BCUT2D eigenvalue weighted by Crippen LogP contribution is 2.31. The van der Waals surface area contributed by atoms with Crippen molar-refractivity contribution in [3.63, 3.8) is 0 Å². The van der Waals surface area contributed by atoms with Gasteiger partial charge in [-0.25, -0.2) is 4.98 Å². The van der Waals surface area contributed by atoms with Crippen molar-refractivity contribution in [2.75, 3.05) is 13.2 Å². The molecule has 172 valence electrons. The first-order valence-electron chi connectivity index (χ1n) is 11.5. The molecule has 0 radical (unpaired) electrons. The molecule has 34 heavy (non-hydrogen) atoms. The zero-order valence-electron chi connectivity index (χ0n) is 19.2. The summed E-state index contributed by atoms with van der Waals surface area (Å²) in [7, 11) is 1.94. The van der Waals surface area contributed by atoms with Crippen LogP contribution >= 0.6 is 0 Å². The summed E-state index contributed by atoms with van der Waals surface area (Å²) in [5.74, 6) is 2.04. The van der Waals surface area contributed by atoms with Crippen LogP contribution in [-0.4, -0.2) is 33.6 Å². The lowest BCUT2D eigenvalue weighted by molar-refractivity contribution is 0.0723. The summed E-state index contributed by atoms with van der Waals surface area (Å²) in [6.07, 6.45) is 4.46. The Bertz CT molecular complexity index is 1280. The predicted octanol–water partition coefficient (Wildman–Crippen LogP) is 5.09. The van der Waals surface area contributed by atoms with Gasteiger partial charge < -0.3 is 18.9 Å². The van der Waals surface area contributed by atoms with E-state index in [9.17, 15) is 4.79 Å². The lowest BCUT2D eigenvalue weighted by Crippen LogP contribution is -2.31. The molecule has 0 spiro atoms. The summed E-state index contributed by atoms with van der Waals surface area (Å²) in [4.78, 5) is 20.0. The molecule has 6 heteroatoms. The van der Waals surface area contributed by atoms with Crippen molar-refractivity contribution in [1.82, 2.24) is 14.5 Å². The van der Waals surface area contributed by atoms with Gasteiger partial charge in [-0.1, -0.05) is 48.5 Å². The van der Waals surface area contributed by atoms with E-state index in [-0.39, 0.29) is 5.91 Å². The van der Waals surface area contributed by atoms with Gasteiger partial charge in [0.15, 0.2) is 11.5 Å². The van der Waals surface area contributed by atoms with Crippen molar-refractivity contribution < 1.29 is 14.3 Å². The van der Waals surface area contributed by atoms with Crippen molar-refractivity contribution >= 4 is 5.91 Å². The number of aromatic nitrogens is 2. The van der Waals surface area contributed by atoms with Crippen LogP contribution in [0.25, 0.3) is 11.1 Å². The number of carbonyl (C=O) groups excluding carboxylic acids is 1. The first kappa shape index (κ1) is 21.8. The summed E-state index contributed by atoms with van der Waals surface area (Å²) >= 11 is 0. The number of amides is 1. The fourth-order valence-electron chi connectivity index (χ4n) is 4.10. The molecule has 0 atom stereocenters. The minimum absolute atomic E-state index is 0.0799. The van der Waals surface area contributed by atoms with E-state index < -0.39 is 0 Å². The van der Waals surface area contributed by atoms with Gasteiger partial charge in [-0.2, -0.15) is 0 Å². The second kappa shape index (κ2) is 9.83. The van der Waals surface area contributed by atoms with Crippen LogP contribution in [-0.2, 0) is 20.1 Å². The number of hydrogen-bond acceptors (Lipinski definition) is 4. The lowest BCUT2D eigenvalue weighted by atomic mass is 10.0. The quantitative estimate of drug-likeness (QED) is 0.408. The Kier molecular flexibility index (Phi) is 6.29. The molecule has 0 saturated heterocycles. The molecule has 2 heterocycles. The molecule has 0 aliphatic carbocycles. The molecule has 0 unspecified atom stereocenters. The summed E-state index contributed by atoms with van der Waals surface area (Å²) < 4.78 is 13.5. The van der Waals surface area contributed by atoms with E-state index in [0.717, 1.165) is 28.9 Å². The third-order valence-electron chi connectivity index (χ3n) is 5.94. The Balaban J connectivity index is 1.45. The number of rotatable bonds is 6. The molecule has 1 aliphatic rings. The van der Waals surface area contributed by atoms with Gasteiger partial charge in [-0.3, -0.25) is 4.79 Å². The van der Waals surface area contributed by atoms with Gasteiger partial charge >= 0.3 is 0 Å². The SMILES string of the molecule is Cn1ccnc1CN(Cc1cccc(-c2ccccc2)c1)C(=O)c1ccc2c(c1)OCCCO2. The van der Waals surface area contributed by atoms with Crippen LogP contribution in [0, 0.1) is 0 Å². The molecule has 5 rings (SSSR count). The van der Waals surface area contributed by atoms with Crippen molar-refractivity contribution in [3.05, 3.63) is 102 Å². The number of ether oxygens (including phenoxy) is 2. The first-order valence-corrected chi connectivity index (χ1v) is 11.5. The Morgan fingerprint density at radius 1 is 0.912 bits per heavy atom. The smallest absolute Gasteiger partial charge is 0.254 e. The van der Waals surface area contributed by atoms with Gasteiger partial charge in [0.05, 0.1) is 19.8 Å². The first-order chi connectivity index (χ1) is 16.7. The number of fused-ring (bicyclic) bond motifs is 1. The van der Waals surface area contributed by atoms with E-state index in [4.69, 9.17) is 9.47 Å². The molecule has 0 bridgehead atoms. The summed E-state index contributed by atoms with van der Waals surface area (Å²) in [6, 6.07) is 24.0. The highest BCUT2D eigenvalue weighted by Gasteiger charge is 2.21. The minimum Gasteiger partial charge on any atom is -0.490 e. The third kappa shape index (κ3) is 4.81. The maximum Gasteiger partial charge on any atom is 0.254 e. The number of aryl methyl sites for hydroxylation is 1. The van der Waals surface area contributed by atoms with Crippen molar-refractivity contribution in [2.24, 2.45) is 7.05 Å². The monoisotopic (exact) mass is 453 g/mol. The number of benzene rings is 3. The summed E-state index contributed by atoms with van der Waals surface area (Å²) in [5.41, 5.74) is 3.89. The largest absolute Gasteiger partial charge is 0.490 e. The normalized spacial score (nSPS) is 12.7. The van der Waals surface area contributed by atoms with Crippen LogP contribution in [0.15, 0.2) is 85.2 Å². The topological polar surface area (TPSA) is 56.6 Å². The van der Waals surface area contributed by atoms with Gasteiger partial charge in [0, 0.05) is 38.0 Å². The number of imidazole rings is 1. The second-order valence-electron chi connectivity index (χ2n) is 8.39. The molecule has 1 aliphatic heterocycles. The van der Waals surface area contributed by atoms with E-state index in [0.29, 0.717) is 43.4 Å². The molecule has 1 aromatic heterocycles. The van der Waals surface area contributed by atoms with Gasteiger partial charge in [0.2, 0.25) is 0 Å². The summed E-state index contributed by atoms with van der Waals surface area (Å²) in [6.45, 7) is 2.05. The lowest BCUT2D eigenvalue weighted by Gasteiger charge is -2.23. The zero-order valence-corrected chi connectivity index (χ0v) is 19.2. The molecular formula is C28H27N3O3. The van der Waals surface area contributed by atoms with Crippen LogP contribution in [0.5, 0.6) is 11.5 Å². The van der Waals surface area contributed by atoms with E-state index in [2.05, 4.69) is 35.3 Å². The second-order valence-corrected chi connectivity index (χ2v) is 8.39. The van der Waals surface area contributed by atoms with E-state index in [1.807, 2.05) is 59.1 Å². The Morgan fingerprint density at radius 2 is 1.71 bits per heavy atom. The maximum atomic E-state index is 13.7. The van der Waals surface area contributed by atoms with Crippen molar-refractivity contribution in [1.29, 1.82) is 0 Å². The average Bonchev–Trinajstić information content (AvgIpc) is 3.13. The molecule has 1 amide bonds. The van der Waals surface area contributed by atoms with Gasteiger partial charge in [0.1, 0.15) is 5.82 Å². The van der Waals surface area contributed by atoms with E-state index in [1.54, 1.807) is 12.3 Å². The number of carbonyl (C=O) groups is 1. The summed E-state index contributed by atoms with van der Waals surface area (Å²) in [5, 5.41) is 0. The van der Waals surface area contributed by atoms with Crippen LogP contribution in [0.1, 0.15) is 28.2 Å². The third-order valence-corrected chi connectivity index (χ3v) is 5.94. The highest BCUT2D eigenvalue weighted by atomic mass is 16.5. The number of nitrogens with zero attached hydrogens (tertiary/aromatic N) is 3. The fourth-order valence-corrected chi connectivity index (χ4v) is 4.10. The van der Waals surface area contributed by atoms with Gasteiger partial charge in [-0.15, -0.1) is 0 Å². The Hall–Kier alpha value is -4.06. The molecule has 0 N–H and O–H groups in total. The standard InChI is InChI=1S/C28H27N3O3/c1-30-14-13-29-27(30)20-31(19-21-7-5-10-23(17-21)22-8-3-2-4-9-22)28(32)24-11-12-25-26(18-24)34-16-6-15-33-25/h2-5,7-14,17-18H,6,15-16,19-20H2,1H3. The molecule has 0 saturated carbocycles. The van der Waals surface area contributed by atoms with Crippen LogP contribution < -0.4 is 9.47 Å². The van der Waals surface area contributed by atoms with Crippen LogP contribution in [0.2, 0.25) is 0 Å². The predicted molar refractivity (Wildman–Crippen MR) is 131 cm³/mol. The number of hydrogen-bond donors (Lipinski definition) is 0. The molecular weight excluding hydrogens is 426 g/mol. The van der Waals surface area contributed by atoms with E-state index in [1.165, 1.54) is 0 Å². The Morgan fingerprint density at radius 3 is 2.50 bits per heavy atom. The Labute approximate surface area is 199 Å². The fraction of sp³-hybridized carbons (Fsp3) is 0.214. The van der Waals surface area contributed by atoms with E-state index >= 15 is 0 Å². The van der Waals surface area contributed by atoms with Crippen LogP contribution in [0.3, 0.4) is 0 Å². The molecule has 3 aromatic carbocycles. The van der Waals surface area contributed by atoms with Gasteiger partial charge in [0.25, 0.3) is 5.91 Å². The van der Waals surface area contributed by atoms with Gasteiger partial charge in [-0.05, 0) is 41.0 Å². The van der Waals surface area contributed by atoms with Crippen molar-refractivity contribution in [2.45, 2.75) is 19.5 Å². The minimum atomic E-state index is -0.0799. The highest BCUT2D eigenvalue weighted by molar-refractivity contribution is 5.95. The molecule has 6 nitrogen and oxygen atoms in total. The molecule has 0 fully saturated rings. The average molecular weight is 454 g/mol. The van der Waals surface area contributed by atoms with Crippen molar-refractivity contribution in [3.8, 4) is 22.6 Å². The molecule has 4 aromatic rings. The zero-order chi connectivity index (χ0) is 23.3.